The Labute approximate surface area is 194 Å². The molecule has 33 heavy (non-hydrogen) atoms. The number of halogens is 2. The van der Waals surface area contributed by atoms with Gasteiger partial charge in [0.15, 0.2) is 0 Å². The number of rotatable bonds is 4. The fraction of sp³-hybridized carbons (Fsp3) is 0.667. The molecule has 0 aromatic heterocycles. The number of amides is 3. The van der Waals surface area contributed by atoms with Gasteiger partial charge in [0.1, 0.15) is 18.6 Å². The molecule has 0 aliphatic carbocycles. The molecule has 3 heterocycles. The summed E-state index contributed by atoms with van der Waals surface area (Å²) in [7, 11) is 3.47. The van der Waals surface area contributed by atoms with Gasteiger partial charge in [-0.25, -0.2) is 18.4 Å². The van der Waals surface area contributed by atoms with Gasteiger partial charge < -0.3 is 19.4 Å². The predicted octanol–water partition coefficient (Wildman–Crippen LogP) is 3.48. The molecule has 0 bridgehead atoms. The smallest absolute Gasteiger partial charge is 0.410 e. The molecule has 4 rings (SSSR count). The van der Waals surface area contributed by atoms with E-state index < -0.39 is 18.9 Å². The van der Waals surface area contributed by atoms with Crippen LogP contribution in [0.25, 0.3) is 0 Å². The summed E-state index contributed by atoms with van der Waals surface area (Å²) in [5.41, 5.74) is 1.53. The Morgan fingerprint density at radius 2 is 1.97 bits per heavy atom. The van der Waals surface area contributed by atoms with Crippen molar-refractivity contribution < 1.29 is 23.1 Å². The van der Waals surface area contributed by atoms with Crippen LogP contribution in [0.4, 0.5) is 24.1 Å². The number of carbonyl (C=O) groups is 2. The predicted molar refractivity (Wildman–Crippen MR) is 122 cm³/mol. The number of anilines is 1. The number of alkyl halides is 1. The molecule has 9 heteroatoms. The third-order valence-electron chi connectivity index (χ3n) is 7.29. The lowest BCUT2D eigenvalue weighted by atomic mass is 9.74. The number of urea groups is 1. The molecule has 1 aromatic rings. The maximum Gasteiger partial charge on any atom is 0.410 e. The Kier molecular flexibility index (Phi) is 6.79. The molecule has 0 N–H and O–H groups in total. The van der Waals surface area contributed by atoms with Crippen LogP contribution < -0.4 is 4.90 Å². The zero-order chi connectivity index (χ0) is 23.8. The number of nitrogens with zero attached hydrogens (tertiary/aromatic N) is 4. The van der Waals surface area contributed by atoms with Gasteiger partial charge in [0.25, 0.3) is 0 Å². The van der Waals surface area contributed by atoms with E-state index in [9.17, 15) is 18.4 Å². The van der Waals surface area contributed by atoms with Crippen LogP contribution in [-0.4, -0.2) is 93.0 Å². The summed E-state index contributed by atoms with van der Waals surface area (Å²) in [5.74, 6) is 0.0853. The second kappa shape index (κ2) is 9.44. The first-order chi connectivity index (χ1) is 15.7. The molecule has 3 aliphatic rings. The summed E-state index contributed by atoms with van der Waals surface area (Å²) < 4.78 is 31.9. The quantitative estimate of drug-likeness (QED) is 0.685. The average molecular weight is 465 g/mol. The standard InChI is InChI=1S/C24H34F2N4O3/c1-17(13-25)33-23(32)29-9-6-18(15-29)14-28-10-7-24(8-11-28)16-30(22(31)27(2)3)21-5-4-19(26)12-20(21)24/h4-5,12,17-18H,6-11,13-16H2,1-3H3/t17?,18-/m0/s1. The molecule has 3 amide bonds. The van der Waals surface area contributed by atoms with Crippen molar-refractivity contribution in [2.45, 2.75) is 37.7 Å². The van der Waals surface area contributed by atoms with Crippen LogP contribution in [0.1, 0.15) is 31.7 Å². The molecule has 2 fully saturated rings. The summed E-state index contributed by atoms with van der Waals surface area (Å²) >= 11 is 0. The molecule has 1 unspecified atom stereocenters. The van der Waals surface area contributed by atoms with Crippen LogP contribution in [0.3, 0.4) is 0 Å². The summed E-state index contributed by atoms with van der Waals surface area (Å²) in [4.78, 5) is 32.3. The SMILES string of the molecule is CC(CF)OC(=O)N1CC[C@@H](CN2CCC3(CC2)CN(C(=O)N(C)C)c2ccc(F)cc23)C1. The lowest BCUT2D eigenvalue weighted by Gasteiger charge is -2.40. The monoisotopic (exact) mass is 464 g/mol. The fourth-order valence-electron chi connectivity index (χ4n) is 5.44. The Balaban J connectivity index is 1.37. The Hall–Kier alpha value is -2.42. The number of likely N-dealkylation sites (tertiary alicyclic amines) is 2. The van der Waals surface area contributed by atoms with Crippen LogP contribution in [-0.2, 0) is 10.2 Å². The molecule has 0 saturated carbocycles. The van der Waals surface area contributed by atoms with E-state index in [1.807, 2.05) is 0 Å². The van der Waals surface area contributed by atoms with Crippen molar-refractivity contribution in [3.05, 3.63) is 29.6 Å². The topological polar surface area (TPSA) is 56.3 Å². The van der Waals surface area contributed by atoms with Crippen LogP contribution >= 0.6 is 0 Å². The van der Waals surface area contributed by atoms with Crippen molar-refractivity contribution in [1.29, 1.82) is 0 Å². The lowest BCUT2D eigenvalue weighted by Crippen LogP contribution is -2.48. The number of benzene rings is 1. The van der Waals surface area contributed by atoms with Gasteiger partial charge in [0, 0.05) is 51.4 Å². The number of hydrogen-bond acceptors (Lipinski definition) is 4. The van der Waals surface area contributed by atoms with E-state index in [0.717, 1.165) is 50.1 Å². The molecular formula is C24H34F2N4O3. The highest BCUT2D eigenvalue weighted by Crippen LogP contribution is 2.47. The van der Waals surface area contributed by atoms with E-state index in [4.69, 9.17) is 4.74 Å². The highest BCUT2D eigenvalue weighted by molar-refractivity contribution is 5.95. The van der Waals surface area contributed by atoms with Crippen molar-refractivity contribution in [1.82, 2.24) is 14.7 Å². The molecule has 3 aliphatic heterocycles. The summed E-state index contributed by atoms with van der Waals surface area (Å²) in [5, 5.41) is 0. The molecule has 1 spiro atoms. The Morgan fingerprint density at radius 1 is 1.24 bits per heavy atom. The number of hydrogen-bond donors (Lipinski definition) is 0. The normalized spacial score (nSPS) is 23.0. The molecule has 2 saturated heterocycles. The van der Waals surface area contributed by atoms with E-state index in [2.05, 4.69) is 4.90 Å². The maximum atomic E-state index is 14.2. The van der Waals surface area contributed by atoms with E-state index in [0.29, 0.717) is 25.6 Å². The second-order valence-corrected chi connectivity index (χ2v) is 9.95. The van der Waals surface area contributed by atoms with E-state index in [1.165, 1.54) is 6.07 Å². The first-order valence-corrected chi connectivity index (χ1v) is 11.7. The van der Waals surface area contributed by atoms with Gasteiger partial charge in [-0.1, -0.05) is 0 Å². The molecule has 7 nitrogen and oxygen atoms in total. The molecule has 182 valence electrons. The summed E-state index contributed by atoms with van der Waals surface area (Å²) in [6.45, 7) is 5.31. The van der Waals surface area contributed by atoms with Crippen molar-refractivity contribution in [2.75, 3.05) is 64.9 Å². The maximum absolute atomic E-state index is 14.2. The number of piperidine rings is 1. The number of fused-ring (bicyclic) bond motifs is 2. The molecule has 1 aromatic carbocycles. The fourth-order valence-corrected chi connectivity index (χ4v) is 5.44. The lowest BCUT2D eigenvalue weighted by molar-refractivity contribution is 0.0629. The van der Waals surface area contributed by atoms with Crippen LogP contribution in [0.2, 0.25) is 0 Å². The van der Waals surface area contributed by atoms with Gasteiger partial charge >= 0.3 is 12.1 Å². The third kappa shape index (κ3) is 4.78. The van der Waals surface area contributed by atoms with E-state index in [1.54, 1.807) is 47.9 Å². The molecular weight excluding hydrogens is 430 g/mol. The zero-order valence-electron chi connectivity index (χ0n) is 19.7. The van der Waals surface area contributed by atoms with Crippen LogP contribution in [0.5, 0.6) is 0 Å². The minimum Gasteiger partial charge on any atom is -0.444 e. The van der Waals surface area contributed by atoms with Gasteiger partial charge in [0.2, 0.25) is 0 Å². The van der Waals surface area contributed by atoms with Crippen LogP contribution in [0.15, 0.2) is 18.2 Å². The minimum absolute atomic E-state index is 0.0813. The Morgan fingerprint density at radius 3 is 2.64 bits per heavy atom. The zero-order valence-corrected chi connectivity index (χ0v) is 19.7. The van der Waals surface area contributed by atoms with Gasteiger partial charge in [-0.3, -0.25) is 4.90 Å². The minimum atomic E-state index is -0.715. The van der Waals surface area contributed by atoms with Crippen molar-refractivity contribution in [3.63, 3.8) is 0 Å². The number of carbonyl (C=O) groups excluding carboxylic acids is 2. The highest BCUT2D eigenvalue weighted by atomic mass is 19.1. The average Bonchev–Trinajstić information content (AvgIpc) is 3.38. The second-order valence-electron chi connectivity index (χ2n) is 9.95. The van der Waals surface area contributed by atoms with Gasteiger partial charge in [-0.2, -0.15) is 0 Å². The highest BCUT2D eigenvalue weighted by Gasteiger charge is 2.47. The summed E-state index contributed by atoms with van der Waals surface area (Å²) in [6, 6.07) is 4.67. The van der Waals surface area contributed by atoms with Crippen molar-refractivity contribution in [2.24, 2.45) is 5.92 Å². The Bertz CT molecular complexity index is 888. The first-order valence-electron chi connectivity index (χ1n) is 11.7. The largest absolute Gasteiger partial charge is 0.444 e. The molecule has 0 radical (unpaired) electrons. The van der Waals surface area contributed by atoms with Gasteiger partial charge in [-0.05, 0) is 69.0 Å². The van der Waals surface area contributed by atoms with E-state index >= 15 is 0 Å². The van der Waals surface area contributed by atoms with Gasteiger partial charge in [0.05, 0.1) is 0 Å². The number of ether oxygens (including phenoxy) is 1. The van der Waals surface area contributed by atoms with Crippen molar-refractivity contribution in [3.8, 4) is 0 Å². The van der Waals surface area contributed by atoms with E-state index in [-0.39, 0.29) is 17.3 Å². The summed E-state index contributed by atoms with van der Waals surface area (Å²) in [6.07, 6.45) is 1.46. The first kappa shape index (κ1) is 23.7. The third-order valence-corrected chi connectivity index (χ3v) is 7.29. The van der Waals surface area contributed by atoms with Gasteiger partial charge in [-0.15, -0.1) is 0 Å². The van der Waals surface area contributed by atoms with Crippen LogP contribution in [0, 0.1) is 11.7 Å². The molecule has 2 atom stereocenters. The van der Waals surface area contributed by atoms with Crippen molar-refractivity contribution >= 4 is 17.8 Å².